The molecule has 0 heterocycles. The van der Waals surface area contributed by atoms with E-state index in [1.807, 2.05) is 55.5 Å². The van der Waals surface area contributed by atoms with E-state index in [4.69, 9.17) is 4.74 Å². The molecule has 3 aromatic rings. The van der Waals surface area contributed by atoms with Gasteiger partial charge in [0.05, 0.1) is 23.1 Å². The highest BCUT2D eigenvalue weighted by atomic mass is 32.2. The van der Waals surface area contributed by atoms with Crippen LogP contribution in [0.25, 0.3) is 0 Å². The molecule has 7 nitrogen and oxygen atoms in total. The minimum atomic E-state index is -4.10. The number of carbonyl (C=O) groups excluding carboxylic acids is 1. The van der Waals surface area contributed by atoms with E-state index in [1.54, 1.807) is 72.7 Å². The number of hydrogen-bond donors (Lipinski definition) is 2. The van der Waals surface area contributed by atoms with Gasteiger partial charge in [0.25, 0.3) is 0 Å². The van der Waals surface area contributed by atoms with Crippen molar-refractivity contribution in [2.45, 2.75) is 91.2 Å². The Morgan fingerprint density at radius 1 is 0.791 bits per heavy atom. The van der Waals surface area contributed by atoms with Crippen LogP contribution < -0.4 is 0 Å². The second kappa shape index (κ2) is 14.6. The molecule has 8 heteroatoms. The fourth-order valence-corrected chi connectivity index (χ4v) is 7.69. The number of aryl methyl sites for hydroxylation is 3. The maximum absolute atomic E-state index is 14.6. The van der Waals surface area contributed by atoms with Gasteiger partial charge in [-0.15, -0.1) is 0 Å². The van der Waals surface area contributed by atoms with Gasteiger partial charge in [-0.3, -0.25) is 4.79 Å². The molecule has 0 bridgehead atoms. The van der Waals surface area contributed by atoms with Crippen molar-refractivity contribution in [2.75, 3.05) is 0 Å². The van der Waals surface area contributed by atoms with E-state index in [9.17, 15) is 23.4 Å². The molecule has 0 radical (unpaired) electrons. The predicted molar refractivity (Wildman–Crippen MR) is 170 cm³/mol. The molecule has 5 atom stereocenters. The van der Waals surface area contributed by atoms with E-state index >= 15 is 0 Å². The molecule has 0 aliphatic heterocycles. The lowest BCUT2D eigenvalue weighted by Crippen LogP contribution is -2.47. The molecule has 0 aliphatic rings. The zero-order valence-corrected chi connectivity index (χ0v) is 27.4. The van der Waals surface area contributed by atoms with Gasteiger partial charge in [0, 0.05) is 6.54 Å². The Bertz CT molecular complexity index is 1420. The van der Waals surface area contributed by atoms with Gasteiger partial charge < -0.3 is 14.9 Å². The van der Waals surface area contributed by atoms with Crippen molar-refractivity contribution in [2.24, 2.45) is 17.8 Å². The summed E-state index contributed by atoms with van der Waals surface area (Å²) in [5, 5.41) is 22.0. The van der Waals surface area contributed by atoms with Crippen molar-refractivity contribution in [3.8, 4) is 0 Å². The first-order valence-electron chi connectivity index (χ1n) is 14.9. The normalized spacial score (nSPS) is 15.7. The van der Waals surface area contributed by atoms with Crippen LogP contribution >= 0.6 is 0 Å². The molecule has 43 heavy (non-hydrogen) atoms. The summed E-state index contributed by atoms with van der Waals surface area (Å²) >= 11 is 0. The Labute approximate surface area is 257 Å². The van der Waals surface area contributed by atoms with Gasteiger partial charge in [0.15, 0.2) is 0 Å². The summed E-state index contributed by atoms with van der Waals surface area (Å²) in [6, 6.07) is 21.2. The summed E-state index contributed by atoms with van der Waals surface area (Å²) in [6.07, 6.45) is -3.34. The Morgan fingerprint density at radius 2 is 1.26 bits per heavy atom. The smallest absolute Gasteiger partial charge is 0.314 e. The minimum Gasteiger partial charge on any atom is -0.455 e. The summed E-state index contributed by atoms with van der Waals surface area (Å²) in [5.41, 5.74) is 3.62. The van der Waals surface area contributed by atoms with E-state index in [2.05, 4.69) is 0 Å². The van der Waals surface area contributed by atoms with Crippen molar-refractivity contribution in [1.29, 1.82) is 0 Å². The molecule has 0 aromatic heterocycles. The molecule has 0 spiro atoms. The van der Waals surface area contributed by atoms with Crippen molar-refractivity contribution in [3.63, 3.8) is 0 Å². The van der Waals surface area contributed by atoms with Crippen molar-refractivity contribution >= 4 is 16.0 Å². The topological polar surface area (TPSA) is 104 Å². The summed E-state index contributed by atoms with van der Waals surface area (Å²) in [6.45, 7) is 14.4. The molecule has 0 saturated carbocycles. The minimum absolute atomic E-state index is 0.0463. The summed E-state index contributed by atoms with van der Waals surface area (Å²) in [5.74, 6) is -2.62. The molecule has 1 unspecified atom stereocenters. The molecular formula is C35H47NO6S. The van der Waals surface area contributed by atoms with E-state index in [-0.39, 0.29) is 23.3 Å². The predicted octanol–water partition coefficient (Wildman–Crippen LogP) is 6.13. The van der Waals surface area contributed by atoms with Crippen LogP contribution in [0.4, 0.5) is 0 Å². The third-order valence-electron chi connectivity index (χ3n) is 7.99. The Morgan fingerprint density at radius 3 is 1.72 bits per heavy atom. The lowest BCUT2D eigenvalue weighted by atomic mass is 9.84. The molecule has 0 aliphatic carbocycles. The van der Waals surface area contributed by atoms with E-state index in [0.29, 0.717) is 16.7 Å². The van der Waals surface area contributed by atoms with E-state index in [1.165, 1.54) is 4.31 Å². The SMILES string of the molecule is Cc1cc(C)c(S(=O)(=O)N(Cc2ccccc2)[C@@H](C)[C@H](OC(=O)C([C@H](O)C(C)C)[C@@H](O)C(C)C)c2ccccc2)c(C)c1. The standard InChI is InChI=1S/C35H47NO6S/c1-22(2)31(37)30(32(38)23(3)4)35(39)42-33(29-17-13-10-14-18-29)27(8)36(21-28-15-11-9-12-16-28)43(40,41)34-25(6)19-24(5)20-26(34)7/h9-20,22-23,27,30-33,37-38H,21H2,1-8H3/t27-,30?,31-,32+,33-/m0/s1. The van der Waals surface area contributed by atoms with Crippen molar-refractivity contribution in [3.05, 3.63) is 101 Å². The summed E-state index contributed by atoms with van der Waals surface area (Å²) in [4.78, 5) is 14.1. The number of sulfonamides is 1. The quantitative estimate of drug-likeness (QED) is 0.226. The van der Waals surface area contributed by atoms with Gasteiger partial charge >= 0.3 is 5.97 Å². The number of carbonyl (C=O) groups is 1. The fraction of sp³-hybridized carbons (Fsp3) is 0.457. The van der Waals surface area contributed by atoms with Crippen LogP contribution in [0.1, 0.15) is 68.5 Å². The van der Waals surface area contributed by atoms with E-state index < -0.39 is 46.3 Å². The van der Waals surface area contributed by atoms with Crippen LogP contribution in [0.5, 0.6) is 0 Å². The van der Waals surface area contributed by atoms with Gasteiger partial charge in [0.2, 0.25) is 10.0 Å². The fourth-order valence-electron chi connectivity index (χ4n) is 5.65. The largest absolute Gasteiger partial charge is 0.455 e. The Balaban J connectivity index is 2.17. The van der Waals surface area contributed by atoms with Gasteiger partial charge in [-0.1, -0.05) is 106 Å². The second-order valence-electron chi connectivity index (χ2n) is 12.3. The number of ether oxygens (including phenoxy) is 1. The van der Waals surface area contributed by atoms with Crippen LogP contribution in [0.15, 0.2) is 77.7 Å². The number of aliphatic hydroxyl groups is 2. The lowest BCUT2D eigenvalue weighted by Gasteiger charge is -2.37. The highest BCUT2D eigenvalue weighted by Gasteiger charge is 2.42. The average molecular weight is 610 g/mol. The summed E-state index contributed by atoms with van der Waals surface area (Å²) in [7, 11) is -4.10. The number of benzene rings is 3. The zero-order chi connectivity index (χ0) is 32.1. The number of nitrogens with zero attached hydrogens (tertiary/aromatic N) is 1. The summed E-state index contributed by atoms with van der Waals surface area (Å²) < 4.78 is 36.7. The third-order valence-corrected chi connectivity index (χ3v) is 10.2. The van der Waals surface area contributed by atoms with E-state index in [0.717, 1.165) is 11.1 Å². The van der Waals surface area contributed by atoms with Crippen molar-refractivity contribution < 1.29 is 28.2 Å². The zero-order valence-electron chi connectivity index (χ0n) is 26.6. The van der Waals surface area contributed by atoms with Crippen LogP contribution in [0.3, 0.4) is 0 Å². The Hall–Kier alpha value is -3.04. The van der Waals surface area contributed by atoms with Crippen LogP contribution in [0.2, 0.25) is 0 Å². The highest BCUT2D eigenvalue weighted by Crippen LogP contribution is 2.35. The molecule has 0 saturated heterocycles. The maximum atomic E-state index is 14.6. The lowest BCUT2D eigenvalue weighted by molar-refractivity contribution is -0.170. The molecule has 234 valence electrons. The first-order valence-corrected chi connectivity index (χ1v) is 16.4. The van der Waals surface area contributed by atoms with Crippen molar-refractivity contribution in [1.82, 2.24) is 4.31 Å². The molecule has 3 rings (SSSR count). The first kappa shape index (κ1) is 34.5. The number of rotatable bonds is 13. The number of hydrogen-bond acceptors (Lipinski definition) is 6. The van der Waals surface area contributed by atoms with Crippen LogP contribution in [-0.2, 0) is 26.1 Å². The molecule has 0 fully saturated rings. The Kier molecular flexibility index (Phi) is 11.7. The van der Waals surface area contributed by atoms with Gasteiger partial charge in [-0.25, -0.2) is 8.42 Å². The third kappa shape index (κ3) is 8.12. The average Bonchev–Trinajstić information content (AvgIpc) is 2.94. The van der Waals surface area contributed by atoms with Gasteiger partial charge in [-0.05, 0) is 61.8 Å². The number of esters is 1. The van der Waals surface area contributed by atoms with Crippen LogP contribution in [-0.4, -0.2) is 47.2 Å². The number of aliphatic hydroxyl groups excluding tert-OH is 2. The maximum Gasteiger partial charge on any atom is 0.314 e. The monoisotopic (exact) mass is 609 g/mol. The second-order valence-corrected chi connectivity index (χ2v) is 14.1. The molecule has 0 amide bonds. The molecule has 2 N–H and O–H groups in total. The van der Waals surface area contributed by atoms with Gasteiger partial charge in [0.1, 0.15) is 12.0 Å². The molecule has 3 aromatic carbocycles. The highest BCUT2D eigenvalue weighted by molar-refractivity contribution is 7.89. The molecular weight excluding hydrogens is 562 g/mol. The first-order chi connectivity index (χ1) is 20.2. The van der Waals surface area contributed by atoms with Gasteiger partial charge in [-0.2, -0.15) is 4.31 Å². The van der Waals surface area contributed by atoms with Crippen LogP contribution in [0, 0.1) is 38.5 Å².